The zero-order chi connectivity index (χ0) is 16.8. The van der Waals surface area contributed by atoms with Crippen molar-refractivity contribution in [3.05, 3.63) is 47.2 Å². The number of nitrogens with zero attached hydrogens (tertiary/aromatic N) is 4. The molecule has 1 aliphatic rings. The monoisotopic (exact) mass is 518 g/mol. The van der Waals surface area contributed by atoms with E-state index < -0.39 is 0 Å². The van der Waals surface area contributed by atoms with Crippen LogP contribution in [0.4, 0.5) is 5.69 Å². The molecule has 8 heteroatoms. The zero-order valence-corrected chi connectivity index (χ0v) is 18.1. The number of benzene rings is 1. The normalized spacial score (nSPS) is 17.3. The van der Waals surface area contributed by atoms with Gasteiger partial charge in [-0.1, -0.05) is 15.9 Å². The molecule has 1 aromatic carbocycles. The minimum Gasteiger partial charge on any atom is -0.369 e. The molecule has 1 saturated heterocycles. The summed E-state index contributed by atoms with van der Waals surface area (Å²) in [6, 6.07) is 10.8. The van der Waals surface area contributed by atoms with Crippen molar-refractivity contribution < 1.29 is 0 Å². The molecule has 1 fully saturated rings. The molecule has 0 amide bonds. The van der Waals surface area contributed by atoms with Gasteiger partial charge in [0.25, 0.3) is 0 Å². The van der Waals surface area contributed by atoms with Gasteiger partial charge in [0.2, 0.25) is 0 Å². The van der Waals surface area contributed by atoms with Crippen LogP contribution in [0, 0.1) is 0 Å². The second-order valence-electron chi connectivity index (χ2n) is 5.82. The number of aliphatic imine (C=N–C) groups is 1. The maximum Gasteiger partial charge on any atom is 0.191 e. The van der Waals surface area contributed by atoms with Gasteiger partial charge in [-0.15, -0.1) is 24.0 Å². The smallest absolute Gasteiger partial charge is 0.191 e. The molecule has 1 aromatic heterocycles. The van der Waals surface area contributed by atoms with E-state index in [0.29, 0.717) is 6.04 Å². The Hall–Kier alpha value is -1.29. The number of halogens is 2. The molecule has 2 N–H and O–H groups in total. The first-order chi connectivity index (χ1) is 11.7. The summed E-state index contributed by atoms with van der Waals surface area (Å²) in [6.45, 7) is 3.67. The summed E-state index contributed by atoms with van der Waals surface area (Å²) < 4.78 is 3.02. The van der Waals surface area contributed by atoms with Crippen LogP contribution in [0.2, 0.25) is 0 Å². The van der Waals surface area contributed by atoms with Crippen molar-refractivity contribution in [2.45, 2.75) is 19.0 Å². The highest BCUT2D eigenvalue weighted by Crippen LogP contribution is 2.22. The molecule has 2 heterocycles. The molecule has 136 valence electrons. The summed E-state index contributed by atoms with van der Waals surface area (Å²) in [4.78, 5) is 6.72. The first-order valence-corrected chi connectivity index (χ1v) is 8.99. The second-order valence-corrected chi connectivity index (χ2v) is 6.74. The molecular weight excluding hydrogens is 495 g/mol. The lowest BCUT2D eigenvalue weighted by atomic mass is 10.3. The van der Waals surface area contributed by atoms with Crippen LogP contribution in [0.3, 0.4) is 0 Å². The molecule has 25 heavy (non-hydrogen) atoms. The maximum absolute atomic E-state index is 4.32. The average molecular weight is 519 g/mol. The Balaban J connectivity index is 0.00000225. The Morgan fingerprint density at radius 3 is 2.84 bits per heavy atom. The van der Waals surface area contributed by atoms with E-state index in [0.717, 1.165) is 43.0 Å². The lowest BCUT2D eigenvalue weighted by Gasteiger charge is -2.20. The quantitative estimate of drug-likeness (QED) is 0.363. The Bertz CT molecular complexity index is 658. The van der Waals surface area contributed by atoms with Gasteiger partial charge in [0.05, 0.1) is 6.54 Å². The molecule has 1 aliphatic heterocycles. The standard InChI is InChI=1S/C17H23BrN6.HI/c1-19-17(20-9-12-24-10-2-8-21-24)22-15-7-11-23(13-15)16-5-3-14(18)4-6-16;/h2-6,8,10,15H,7,9,11-13H2,1H3,(H2,19,20,22);1H. The summed E-state index contributed by atoms with van der Waals surface area (Å²) >= 11 is 3.49. The van der Waals surface area contributed by atoms with Gasteiger partial charge in [0.15, 0.2) is 5.96 Å². The fourth-order valence-electron chi connectivity index (χ4n) is 2.87. The summed E-state index contributed by atoms with van der Waals surface area (Å²) in [5.41, 5.74) is 1.27. The van der Waals surface area contributed by atoms with Crippen molar-refractivity contribution >= 4 is 51.6 Å². The molecule has 2 aromatic rings. The number of guanidine groups is 1. The number of aromatic nitrogens is 2. The van der Waals surface area contributed by atoms with E-state index in [9.17, 15) is 0 Å². The van der Waals surface area contributed by atoms with Crippen LogP contribution in [0.1, 0.15) is 6.42 Å². The van der Waals surface area contributed by atoms with Crippen LogP contribution >= 0.6 is 39.9 Å². The minimum atomic E-state index is 0. The first-order valence-electron chi connectivity index (χ1n) is 8.20. The van der Waals surface area contributed by atoms with Crippen LogP contribution in [-0.2, 0) is 6.54 Å². The van der Waals surface area contributed by atoms with Crippen LogP contribution < -0.4 is 15.5 Å². The van der Waals surface area contributed by atoms with E-state index in [2.05, 4.69) is 65.8 Å². The van der Waals surface area contributed by atoms with Crippen molar-refractivity contribution in [1.29, 1.82) is 0 Å². The second kappa shape index (κ2) is 10.0. The van der Waals surface area contributed by atoms with Gasteiger partial charge in [-0.05, 0) is 36.8 Å². The highest BCUT2D eigenvalue weighted by Gasteiger charge is 2.23. The maximum atomic E-state index is 4.32. The van der Waals surface area contributed by atoms with Crippen molar-refractivity contribution in [2.24, 2.45) is 4.99 Å². The van der Waals surface area contributed by atoms with Gasteiger partial charge >= 0.3 is 0 Å². The number of rotatable bonds is 5. The summed E-state index contributed by atoms with van der Waals surface area (Å²) in [7, 11) is 1.81. The molecule has 0 spiro atoms. The predicted octanol–water partition coefficient (Wildman–Crippen LogP) is 2.71. The Kier molecular flexibility index (Phi) is 8.01. The van der Waals surface area contributed by atoms with E-state index in [1.54, 1.807) is 6.20 Å². The summed E-state index contributed by atoms with van der Waals surface area (Å²) in [5.74, 6) is 0.852. The molecule has 0 saturated carbocycles. The van der Waals surface area contributed by atoms with Crippen LogP contribution in [0.15, 0.2) is 52.2 Å². The SMILES string of the molecule is CN=C(NCCn1cccn1)NC1CCN(c2ccc(Br)cc2)C1.I. The Morgan fingerprint density at radius 1 is 1.36 bits per heavy atom. The van der Waals surface area contributed by atoms with Crippen molar-refractivity contribution in [2.75, 3.05) is 31.6 Å². The van der Waals surface area contributed by atoms with E-state index in [1.807, 2.05) is 24.0 Å². The molecule has 0 radical (unpaired) electrons. The molecular formula is C17H24BrIN6. The fraction of sp³-hybridized carbons (Fsp3) is 0.412. The number of hydrogen-bond acceptors (Lipinski definition) is 3. The summed E-state index contributed by atoms with van der Waals surface area (Å²) in [5, 5.41) is 11.1. The van der Waals surface area contributed by atoms with Crippen molar-refractivity contribution in [3.8, 4) is 0 Å². The third-order valence-corrected chi connectivity index (χ3v) is 4.67. The van der Waals surface area contributed by atoms with Crippen LogP contribution in [0.5, 0.6) is 0 Å². The Morgan fingerprint density at radius 2 is 2.16 bits per heavy atom. The highest BCUT2D eigenvalue weighted by molar-refractivity contribution is 14.0. The van der Waals surface area contributed by atoms with E-state index in [4.69, 9.17) is 0 Å². The average Bonchev–Trinajstić information content (AvgIpc) is 3.26. The van der Waals surface area contributed by atoms with Crippen LogP contribution in [0.25, 0.3) is 0 Å². The lowest BCUT2D eigenvalue weighted by Crippen LogP contribution is -2.45. The van der Waals surface area contributed by atoms with E-state index >= 15 is 0 Å². The topological polar surface area (TPSA) is 57.5 Å². The molecule has 3 rings (SSSR count). The molecule has 0 bridgehead atoms. The van der Waals surface area contributed by atoms with Gasteiger partial charge in [-0.3, -0.25) is 9.67 Å². The molecule has 0 aliphatic carbocycles. The summed E-state index contributed by atoms with van der Waals surface area (Å²) in [6.07, 6.45) is 4.86. The largest absolute Gasteiger partial charge is 0.369 e. The molecule has 1 unspecified atom stereocenters. The van der Waals surface area contributed by atoms with Gasteiger partial charge in [-0.2, -0.15) is 5.10 Å². The van der Waals surface area contributed by atoms with Crippen molar-refractivity contribution in [1.82, 2.24) is 20.4 Å². The van der Waals surface area contributed by atoms with Gasteiger partial charge < -0.3 is 15.5 Å². The molecule has 6 nitrogen and oxygen atoms in total. The van der Waals surface area contributed by atoms with E-state index in [1.165, 1.54) is 5.69 Å². The number of nitrogens with one attached hydrogen (secondary N) is 2. The van der Waals surface area contributed by atoms with E-state index in [-0.39, 0.29) is 24.0 Å². The zero-order valence-electron chi connectivity index (χ0n) is 14.2. The number of anilines is 1. The van der Waals surface area contributed by atoms with Crippen molar-refractivity contribution in [3.63, 3.8) is 0 Å². The van der Waals surface area contributed by atoms with Crippen LogP contribution in [-0.4, -0.2) is 48.5 Å². The number of hydrogen-bond donors (Lipinski definition) is 2. The fourth-order valence-corrected chi connectivity index (χ4v) is 3.14. The predicted molar refractivity (Wildman–Crippen MR) is 117 cm³/mol. The van der Waals surface area contributed by atoms with Gasteiger partial charge in [0.1, 0.15) is 0 Å². The van der Waals surface area contributed by atoms with Gasteiger partial charge in [0, 0.05) is 55.3 Å². The molecule has 1 atom stereocenters. The lowest BCUT2D eigenvalue weighted by molar-refractivity contribution is 0.587. The Labute approximate surface area is 174 Å². The minimum absolute atomic E-state index is 0. The van der Waals surface area contributed by atoms with Gasteiger partial charge in [-0.25, -0.2) is 0 Å². The third kappa shape index (κ3) is 5.88. The first kappa shape index (κ1) is 20.0. The third-order valence-electron chi connectivity index (χ3n) is 4.14. The highest BCUT2D eigenvalue weighted by atomic mass is 127.